The average Bonchev–Trinajstić information content (AvgIpc) is 2.96. The lowest BCUT2D eigenvalue weighted by atomic mass is 9.96. The highest BCUT2D eigenvalue weighted by molar-refractivity contribution is 6.75. The van der Waals surface area contributed by atoms with E-state index in [1.165, 1.54) is 16.7 Å². The third-order valence-corrected chi connectivity index (χ3v) is 25.6. The van der Waals surface area contributed by atoms with Crippen LogP contribution in [0.2, 0.25) is 54.4 Å². The summed E-state index contributed by atoms with van der Waals surface area (Å²) in [6.45, 7) is 38.1. The zero-order valence-corrected chi connectivity index (χ0v) is 36.7. The Labute approximate surface area is 298 Å². The largest absolute Gasteiger partial charge is 0.497 e. The Balaban J connectivity index is 1.84. The summed E-state index contributed by atoms with van der Waals surface area (Å²) in [6, 6.07) is 17.7. The smallest absolute Gasteiger partial charge is 0.192 e. The molecule has 3 atom stereocenters. The molecule has 0 aliphatic carbocycles. The SMILES string of the molecule is COc1ccc(-c2ccc(CCCN3CC(O[Si](C)(C)C(C)(C)C)C(O[Si](C)(C)C(C)(C)C)C[C@H]3CO[Si](C)(C)C(C)(C)C)cc2)cc1. The summed E-state index contributed by atoms with van der Waals surface area (Å²) in [4.78, 5) is 2.70. The van der Waals surface area contributed by atoms with Gasteiger partial charge in [0, 0.05) is 19.2 Å². The van der Waals surface area contributed by atoms with E-state index in [1.807, 2.05) is 12.1 Å². The van der Waals surface area contributed by atoms with Crippen molar-refractivity contribution in [3.05, 3.63) is 54.1 Å². The van der Waals surface area contributed by atoms with Crippen LogP contribution in [-0.2, 0) is 19.7 Å². The Morgan fingerprint density at radius 1 is 0.646 bits per heavy atom. The van der Waals surface area contributed by atoms with Gasteiger partial charge >= 0.3 is 0 Å². The number of likely N-dealkylation sites (tertiary alicyclic amines) is 1. The summed E-state index contributed by atoms with van der Waals surface area (Å²) in [6.07, 6.45) is 3.24. The molecule has 5 nitrogen and oxygen atoms in total. The molecule has 2 unspecified atom stereocenters. The van der Waals surface area contributed by atoms with Crippen molar-refractivity contribution in [2.24, 2.45) is 0 Å². The fourth-order valence-electron chi connectivity index (χ4n) is 5.52. The molecule has 0 amide bonds. The second-order valence-electron chi connectivity index (χ2n) is 18.8. The van der Waals surface area contributed by atoms with E-state index < -0.39 is 25.0 Å². The van der Waals surface area contributed by atoms with Crippen molar-refractivity contribution >= 4 is 25.0 Å². The van der Waals surface area contributed by atoms with Gasteiger partial charge in [0.1, 0.15) is 5.75 Å². The standard InChI is InChI=1S/C40H71NO4Si3/c1-38(2,3)46(11,12)43-30-34-28-36(44-47(13,14)39(4,5)6)37(45-48(15,16)40(7,8)9)29-41(34)27-17-18-31-19-21-32(22-20-31)33-23-25-35(42-10)26-24-33/h19-26,34,36-37H,17-18,27-30H2,1-16H3/t34-,36?,37?/m0/s1. The average molecular weight is 714 g/mol. The molecule has 0 saturated carbocycles. The van der Waals surface area contributed by atoms with Crippen molar-refractivity contribution in [3.63, 3.8) is 0 Å². The van der Waals surface area contributed by atoms with E-state index in [0.29, 0.717) is 6.04 Å². The van der Waals surface area contributed by atoms with Crippen LogP contribution in [0.1, 0.15) is 80.7 Å². The summed E-state index contributed by atoms with van der Waals surface area (Å²) >= 11 is 0. The fourth-order valence-corrected chi connectivity index (χ4v) is 9.25. The van der Waals surface area contributed by atoms with E-state index in [0.717, 1.165) is 44.7 Å². The van der Waals surface area contributed by atoms with Crippen molar-refractivity contribution < 1.29 is 18.0 Å². The second-order valence-corrected chi connectivity index (χ2v) is 33.1. The molecule has 3 rings (SSSR count). The number of nitrogens with zero attached hydrogens (tertiary/aromatic N) is 1. The first-order valence-electron chi connectivity index (χ1n) is 18.3. The van der Waals surface area contributed by atoms with Gasteiger partial charge in [0.05, 0.1) is 19.3 Å². The molecule has 0 bridgehead atoms. The Hall–Kier alpha value is -1.27. The number of benzene rings is 2. The van der Waals surface area contributed by atoms with Crippen LogP contribution >= 0.6 is 0 Å². The zero-order chi connectivity index (χ0) is 36.3. The molecule has 8 heteroatoms. The number of aryl methyl sites for hydroxylation is 1. The maximum atomic E-state index is 7.28. The van der Waals surface area contributed by atoms with E-state index in [-0.39, 0.29) is 27.3 Å². The quantitative estimate of drug-likeness (QED) is 0.193. The van der Waals surface area contributed by atoms with Crippen molar-refractivity contribution in [1.29, 1.82) is 0 Å². The minimum absolute atomic E-state index is 0.0629. The summed E-state index contributed by atoms with van der Waals surface area (Å²) in [5, 5.41) is 0.455. The number of piperidine rings is 1. The molecule has 0 N–H and O–H groups in total. The second kappa shape index (κ2) is 15.5. The van der Waals surface area contributed by atoms with Crippen LogP contribution in [0.3, 0.4) is 0 Å². The highest BCUT2D eigenvalue weighted by Crippen LogP contribution is 2.43. The molecule has 272 valence electrons. The highest BCUT2D eigenvalue weighted by atomic mass is 28.4. The lowest BCUT2D eigenvalue weighted by molar-refractivity contribution is -0.0578. The predicted molar refractivity (Wildman–Crippen MR) is 214 cm³/mol. The van der Waals surface area contributed by atoms with Crippen LogP contribution in [-0.4, -0.2) is 74.9 Å². The molecule has 1 heterocycles. The Morgan fingerprint density at radius 3 is 1.56 bits per heavy atom. The van der Waals surface area contributed by atoms with Gasteiger partial charge in [0.15, 0.2) is 25.0 Å². The Kier molecular flexibility index (Phi) is 13.3. The van der Waals surface area contributed by atoms with E-state index in [4.69, 9.17) is 18.0 Å². The molecular weight excluding hydrogens is 643 g/mol. The monoisotopic (exact) mass is 713 g/mol. The van der Waals surface area contributed by atoms with Crippen LogP contribution in [0, 0.1) is 0 Å². The van der Waals surface area contributed by atoms with Gasteiger partial charge in [-0.3, -0.25) is 4.90 Å². The van der Waals surface area contributed by atoms with Gasteiger partial charge in [-0.1, -0.05) is 98.7 Å². The molecule has 48 heavy (non-hydrogen) atoms. The number of hydrogen-bond acceptors (Lipinski definition) is 5. The van der Waals surface area contributed by atoms with Crippen LogP contribution in [0.25, 0.3) is 11.1 Å². The lowest BCUT2D eigenvalue weighted by Crippen LogP contribution is -2.61. The maximum absolute atomic E-state index is 7.28. The molecular formula is C40H71NO4Si3. The summed E-state index contributed by atoms with van der Waals surface area (Å²) in [7, 11) is -4.25. The molecule has 1 aliphatic heterocycles. The topological polar surface area (TPSA) is 40.2 Å². The molecule has 0 radical (unpaired) electrons. The molecule has 2 aromatic rings. The van der Waals surface area contributed by atoms with Crippen LogP contribution in [0.15, 0.2) is 48.5 Å². The van der Waals surface area contributed by atoms with Crippen molar-refractivity contribution in [2.75, 3.05) is 26.8 Å². The summed E-state index contributed by atoms with van der Waals surface area (Å²) in [5.74, 6) is 0.885. The molecule has 1 aliphatic rings. The van der Waals surface area contributed by atoms with Gasteiger partial charge in [-0.2, -0.15) is 0 Å². The minimum atomic E-state index is -2.03. The summed E-state index contributed by atoms with van der Waals surface area (Å²) in [5.41, 5.74) is 3.83. The highest BCUT2D eigenvalue weighted by Gasteiger charge is 2.48. The number of ether oxygens (including phenoxy) is 1. The van der Waals surface area contributed by atoms with Crippen LogP contribution in [0.4, 0.5) is 0 Å². The predicted octanol–water partition coefficient (Wildman–Crippen LogP) is 11.2. The maximum Gasteiger partial charge on any atom is 0.192 e. The van der Waals surface area contributed by atoms with Gasteiger partial charge in [-0.05, 0) is 109 Å². The van der Waals surface area contributed by atoms with Gasteiger partial charge in [-0.25, -0.2) is 0 Å². The van der Waals surface area contributed by atoms with Gasteiger partial charge in [0.25, 0.3) is 0 Å². The molecule has 1 saturated heterocycles. The number of hydrogen-bond donors (Lipinski definition) is 0. The van der Waals surface area contributed by atoms with E-state index >= 15 is 0 Å². The third-order valence-electron chi connectivity index (χ3n) is 12.1. The first-order valence-corrected chi connectivity index (χ1v) is 27.1. The third kappa shape index (κ3) is 10.6. The number of rotatable bonds is 13. The first kappa shape index (κ1) is 41.2. The minimum Gasteiger partial charge on any atom is -0.497 e. The Bertz CT molecular complexity index is 1290. The van der Waals surface area contributed by atoms with Crippen molar-refractivity contribution in [3.8, 4) is 16.9 Å². The van der Waals surface area contributed by atoms with Gasteiger partial charge in [-0.15, -0.1) is 0 Å². The van der Waals surface area contributed by atoms with Crippen LogP contribution in [0.5, 0.6) is 5.75 Å². The van der Waals surface area contributed by atoms with Crippen LogP contribution < -0.4 is 4.74 Å². The Morgan fingerprint density at radius 2 is 1.10 bits per heavy atom. The normalized spacial score (nSPS) is 20.6. The molecule has 1 fully saturated rings. The van der Waals surface area contributed by atoms with Gasteiger partial charge in [0.2, 0.25) is 0 Å². The fraction of sp³-hybridized carbons (Fsp3) is 0.700. The molecule has 0 spiro atoms. The van der Waals surface area contributed by atoms with Crippen molar-refractivity contribution in [1.82, 2.24) is 4.90 Å². The van der Waals surface area contributed by atoms with Gasteiger partial charge < -0.3 is 18.0 Å². The summed E-state index contributed by atoms with van der Waals surface area (Å²) < 4.78 is 26.9. The zero-order valence-electron chi connectivity index (χ0n) is 33.7. The molecule has 0 aromatic heterocycles. The van der Waals surface area contributed by atoms with Crippen molar-refractivity contribution in [2.45, 2.75) is 154 Å². The van der Waals surface area contributed by atoms with E-state index in [1.54, 1.807) is 7.11 Å². The van der Waals surface area contributed by atoms with E-state index in [9.17, 15) is 0 Å². The van der Waals surface area contributed by atoms with E-state index in [2.05, 4.69) is 143 Å². The lowest BCUT2D eigenvalue weighted by Gasteiger charge is -2.51. The molecule has 2 aromatic carbocycles. The first-order chi connectivity index (χ1) is 21.9. The number of methoxy groups -OCH3 is 1.